The fourth-order valence-corrected chi connectivity index (χ4v) is 0.815. The fraction of sp³-hybridized carbons (Fsp3) is 0.125. The van der Waals surface area contributed by atoms with Crippen molar-refractivity contribution in [1.29, 1.82) is 0 Å². The molecule has 1 heterocycles. The van der Waals surface area contributed by atoms with Crippen LogP contribution >= 0.6 is 0 Å². The lowest BCUT2D eigenvalue weighted by Gasteiger charge is -1.83. The van der Waals surface area contributed by atoms with Crippen molar-refractivity contribution < 1.29 is 4.48 Å². The Balaban J connectivity index is 3.11. The number of allylic oxidation sites excluding steroid dienone is 1. The summed E-state index contributed by atoms with van der Waals surface area (Å²) in [6.45, 7) is 5.38. The SMILES string of the molecule is C=Cc1cn(F)nc1/C=C\C. The van der Waals surface area contributed by atoms with Crippen LogP contribution < -0.4 is 0 Å². The summed E-state index contributed by atoms with van der Waals surface area (Å²) < 4.78 is 12.4. The van der Waals surface area contributed by atoms with Crippen LogP contribution in [0.5, 0.6) is 0 Å². The standard InChI is InChI=1S/C8H9FN2/c1-3-5-8-7(4-2)6-11(9)10-8/h3-6H,2H2,1H3/b5-3-. The van der Waals surface area contributed by atoms with Crippen molar-refractivity contribution in [3.8, 4) is 0 Å². The van der Waals surface area contributed by atoms with E-state index in [1.807, 2.05) is 6.92 Å². The third kappa shape index (κ3) is 1.55. The van der Waals surface area contributed by atoms with Gasteiger partial charge in [-0.2, -0.15) is 0 Å². The molecule has 11 heavy (non-hydrogen) atoms. The topological polar surface area (TPSA) is 17.8 Å². The van der Waals surface area contributed by atoms with E-state index < -0.39 is 0 Å². The van der Waals surface area contributed by atoms with Crippen LogP contribution in [0.1, 0.15) is 18.2 Å². The van der Waals surface area contributed by atoms with E-state index >= 15 is 0 Å². The van der Waals surface area contributed by atoms with Gasteiger partial charge in [-0.15, -0.1) is 10.0 Å². The number of halogens is 1. The monoisotopic (exact) mass is 152 g/mol. The Bertz CT molecular complexity index is 286. The maximum Gasteiger partial charge on any atom is 0.0948 e. The van der Waals surface area contributed by atoms with Gasteiger partial charge in [0.25, 0.3) is 0 Å². The van der Waals surface area contributed by atoms with E-state index in [0.29, 0.717) is 11.3 Å². The highest BCUT2D eigenvalue weighted by Gasteiger charge is 2.00. The first-order chi connectivity index (χ1) is 5.27. The second-order valence-corrected chi connectivity index (χ2v) is 2.06. The molecule has 0 spiro atoms. The molecule has 1 rings (SSSR count). The lowest BCUT2D eigenvalue weighted by Crippen LogP contribution is -1.80. The van der Waals surface area contributed by atoms with Crippen molar-refractivity contribution >= 4 is 12.2 Å². The summed E-state index contributed by atoms with van der Waals surface area (Å²) in [5, 5.41) is 3.56. The van der Waals surface area contributed by atoms with Gasteiger partial charge in [-0.1, -0.05) is 23.2 Å². The maximum absolute atomic E-state index is 12.4. The molecule has 0 fully saturated rings. The molecular weight excluding hydrogens is 143 g/mol. The molecule has 0 aliphatic carbocycles. The zero-order valence-corrected chi connectivity index (χ0v) is 6.29. The Morgan fingerprint density at radius 1 is 1.73 bits per heavy atom. The Kier molecular flexibility index (Phi) is 2.21. The largest absolute Gasteiger partial charge is 0.142 e. The van der Waals surface area contributed by atoms with Crippen LogP contribution in [-0.4, -0.2) is 10.0 Å². The number of rotatable bonds is 2. The molecule has 0 aliphatic heterocycles. The van der Waals surface area contributed by atoms with Crippen molar-refractivity contribution in [3.63, 3.8) is 0 Å². The number of hydrogen-bond acceptors (Lipinski definition) is 1. The molecule has 0 N–H and O–H groups in total. The third-order valence-electron chi connectivity index (χ3n) is 1.29. The average molecular weight is 152 g/mol. The first-order valence-electron chi connectivity index (χ1n) is 3.29. The highest BCUT2D eigenvalue weighted by atomic mass is 19.2. The first kappa shape index (κ1) is 7.72. The molecule has 1 aromatic heterocycles. The van der Waals surface area contributed by atoms with Gasteiger partial charge in [-0.25, -0.2) is 0 Å². The van der Waals surface area contributed by atoms with E-state index in [2.05, 4.69) is 11.7 Å². The van der Waals surface area contributed by atoms with Crippen LogP contribution in [0.3, 0.4) is 0 Å². The molecule has 0 amide bonds. The molecule has 0 saturated heterocycles. The van der Waals surface area contributed by atoms with Crippen LogP contribution in [0.25, 0.3) is 12.2 Å². The molecule has 0 bridgehead atoms. The summed E-state index contributed by atoms with van der Waals surface area (Å²) in [6.07, 6.45) is 6.38. The van der Waals surface area contributed by atoms with Crippen molar-refractivity contribution in [2.75, 3.05) is 0 Å². The van der Waals surface area contributed by atoms with Crippen LogP contribution in [0.15, 0.2) is 18.9 Å². The lowest BCUT2D eigenvalue weighted by atomic mass is 10.2. The van der Waals surface area contributed by atoms with E-state index in [0.717, 1.165) is 0 Å². The molecular formula is C8H9FN2. The summed E-state index contributed by atoms with van der Waals surface area (Å²) >= 11 is 0. The average Bonchev–Trinajstić information content (AvgIpc) is 2.32. The molecule has 0 saturated carbocycles. The van der Waals surface area contributed by atoms with Crippen LogP contribution in [-0.2, 0) is 0 Å². The summed E-state index contributed by atoms with van der Waals surface area (Å²) in [6, 6.07) is 0. The van der Waals surface area contributed by atoms with Gasteiger partial charge in [0.1, 0.15) is 0 Å². The van der Waals surface area contributed by atoms with Gasteiger partial charge in [-0.05, 0) is 13.0 Å². The Morgan fingerprint density at radius 3 is 3.00 bits per heavy atom. The van der Waals surface area contributed by atoms with Gasteiger partial charge in [0, 0.05) is 5.56 Å². The molecule has 0 aromatic carbocycles. The van der Waals surface area contributed by atoms with Crippen molar-refractivity contribution in [3.05, 3.63) is 30.1 Å². The molecule has 3 heteroatoms. The second kappa shape index (κ2) is 3.14. The molecule has 0 atom stereocenters. The predicted octanol–water partition coefficient (Wildman–Crippen LogP) is 2.29. The van der Waals surface area contributed by atoms with Gasteiger partial charge in [0.2, 0.25) is 0 Å². The zero-order chi connectivity index (χ0) is 8.27. The number of aromatic nitrogens is 2. The lowest BCUT2D eigenvalue weighted by molar-refractivity contribution is 0.316. The molecule has 58 valence electrons. The van der Waals surface area contributed by atoms with Crippen molar-refractivity contribution in [1.82, 2.24) is 10.0 Å². The normalized spacial score (nSPS) is 10.7. The quantitative estimate of drug-likeness (QED) is 0.635. The van der Waals surface area contributed by atoms with Gasteiger partial charge in [0.15, 0.2) is 0 Å². The first-order valence-corrected chi connectivity index (χ1v) is 3.29. The van der Waals surface area contributed by atoms with E-state index in [1.165, 1.54) is 6.20 Å². The second-order valence-electron chi connectivity index (χ2n) is 2.06. The van der Waals surface area contributed by atoms with Gasteiger partial charge in [-0.3, -0.25) is 0 Å². The molecule has 1 aromatic rings. The summed E-state index contributed by atoms with van der Waals surface area (Å²) in [5.74, 6) is 0. The highest BCUT2D eigenvalue weighted by molar-refractivity contribution is 5.60. The minimum Gasteiger partial charge on any atom is -0.142 e. The Labute approximate surface area is 64.6 Å². The Hall–Kier alpha value is -1.38. The highest BCUT2D eigenvalue weighted by Crippen LogP contribution is 2.09. The summed E-state index contributed by atoms with van der Waals surface area (Å²) in [4.78, 5) is 0.284. The van der Waals surface area contributed by atoms with Gasteiger partial charge < -0.3 is 0 Å². The fourth-order valence-electron chi connectivity index (χ4n) is 0.815. The molecule has 2 nitrogen and oxygen atoms in total. The Morgan fingerprint density at radius 2 is 2.45 bits per heavy atom. The van der Waals surface area contributed by atoms with Gasteiger partial charge in [0.05, 0.1) is 11.9 Å². The van der Waals surface area contributed by atoms with Crippen LogP contribution in [0.4, 0.5) is 4.48 Å². The van der Waals surface area contributed by atoms with Gasteiger partial charge >= 0.3 is 0 Å². The van der Waals surface area contributed by atoms with Crippen LogP contribution in [0.2, 0.25) is 0 Å². The molecule has 0 unspecified atom stereocenters. The summed E-state index contributed by atoms with van der Waals surface area (Å²) in [7, 11) is 0. The molecule has 0 radical (unpaired) electrons. The van der Waals surface area contributed by atoms with E-state index in [4.69, 9.17) is 0 Å². The number of hydrogen-bond donors (Lipinski definition) is 0. The minimum atomic E-state index is 0.284. The van der Waals surface area contributed by atoms with E-state index in [-0.39, 0.29) is 4.90 Å². The zero-order valence-electron chi connectivity index (χ0n) is 6.29. The predicted molar refractivity (Wildman–Crippen MR) is 43.5 cm³/mol. The molecule has 0 aliphatic rings. The third-order valence-corrected chi connectivity index (χ3v) is 1.29. The smallest absolute Gasteiger partial charge is 0.0948 e. The van der Waals surface area contributed by atoms with Crippen molar-refractivity contribution in [2.24, 2.45) is 0 Å². The van der Waals surface area contributed by atoms with Crippen LogP contribution in [0, 0.1) is 0 Å². The van der Waals surface area contributed by atoms with E-state index in [9.17, 15) is 4.48 Å². The summed E-state index contributed by atoms with van der Waals surface area (Å²) in [5.41, 5.74) is 1.30. The van der Waals surface area contributed by atoms with Crippen molar-refractivity contribution in [2.45, 2.75) is 6.92 Å². The maximum atomic E-state index is 12.4. The minimum absolute atomic E-state index is 0.284. The number of nitrogens with zero attached hydrogens (tertiary/aromatic N) is 2. The van der Waals surface area contributed by atoms with E-state index in [1.54, 1.807) is 18.2 Å².